The molecule has 4 aromatic rings. The van der Waals surface area contributed by atoms with Gasteiger partial charge in [0.2, 0.25) is 5.91 Å². The summed E-state index contributed by atoms with van der Waals surface area (Å²) in [6.07, 6.45) is 4.72. The summed E-state index contributed by atoms with van der Waals surface area (Å²) in [7, 11) is 0. The number of carbonyl (C=O) groups is 2. The minimum Gasteiger partial charge on any atom is -0.491 e. The quantitative estimate of drug-likeness (QED) is 0.116. The van der Waals surface area contributed by atoms with E-state index in [-0.39, 0.29) is 36.0 Å². The molecule has 3 aliphatic rings. The number of amides is 2. The normalized spacial score (nSPS) is 19.4. The van der Waals surface area contributed by atoms with Gasteiger partial charge in [0.25, 0.3) is 5.91 Å². The van der Waals surface area contributed by atoms with Gasteiger partial charge in [-0.05, 0) is 69.9 Å². The number of aromatic amines is 1. The molecule has 1 unspecified atom stereocenters. The molecule has 3 N–H and O–H groups in total. The van der Waals surface area contributed by atoms with Crippen LogP contribution >= 0.6 is 0 Å². The van der Waals surface area contributed by atoms with Gasteiger partial charge < -0.3 is 39.2 Å². The maximum Gasteiger partial charge on any atom is 0.254 e. The van der Waals surface area contributed by atoms with Crippen LogP contribution in [0.2, 0.25) is 0 Å². The van der Waals surface area contributed by atoms with E-state index in [4.69, 9.17) is 23.7 Å². The van der Waals surface area contributed by atoms with Gasteiger partial charge in [-0.2, -0.15) is 5.10 Å². The van der Waals surface area contributed by atoms with Crippen molar-refractivity contribution >= 4 is 28.5 Å². The summed E-state index contributed by atoms with van der Waals surface area (Å²) in [5.74, 6) is 0.240. The average Bonchev–Trinajstić information content (AvgIpc) is 3.77. The second-order valence-electron chi connectivity index (χ2n) is 14.9. The largest absolute Gasteiger partial charge is 0.491 e. The fourth-order valence-corrected chi connectivity index (χ4v) is 6.86. The highest BCUT2D eigenvalue weighted by molar-refractivity contribution is 5.98. The molecule has 0 radical (unpaired) electrons. The number of rotatable bonds is 19. The molecule has 2 aliphatic heterocycles. The van der Waals surface area contributed by atoms with Crippen molar-refractivity contribution in [1.82, 2.24) is 35.7 Å². The number of H-pyrrole nitrogens is 1. The zero-order chi connectivity index (χ0) is 39.8. The van der Waals surface area contributed by atoms with Crippen LogP contribution in [-0.2, 0) is 19.0 Å². The first kappa shape index (κ1) is 40.1. The van der Waals surface area contributed by atoms with Crippen molar-refractivity contribution in [1.29, 1.82) is 0 Å². The number of nitrogens with one attached hydrogen (secondary N) is 3. The minimum atomic E-state index is -0.740. The standard InChI is InChI=1S/C41H51FN8O7/c1-27-4-8-35(40(52)45-27)46-39(51)31-7-5-29(23-33(31)42)56-21-20-55-19-18-54-17-16-53-15-14-49-12-13-50(25-28(49)2)37-24-36(43-26-44-37)38-32-22-30(57-41(3)10-11-41)6-9-34(32)47-48-38/h5-7,9,22-24,26,28,35H,1,4,8,10-21,25H2,2-3H3,(H,45,52)(H,46,51)(H,47,48)/t28-,35?/m0/s1. The van der Waals surface area contributed by atoms with E-state index in [1.165, 1.54) is 12.1 Å². The number of halogens is 1. The molecule has 1 aliphatic carbocycles. The third-order valence-corrected chi connectivity index (χ3v) is 10.4. The van der Waals surface area contributed by atoms with Crippen molar-refractivity contribution in [3.63, 3.8) is 0 Å². The van der Waals surface area contributed by atoms with Crippen molar-refractivity contribution < 1.29 is 37.7 Å². The van der Waals surface area contributed by atoms with Gasteiger partial charge in [0.15, 0.2) is 0 Å². The van der Waals surface area contributed by atoms with Gasteiger partial charge in [0, 0.05) is 55.4 Å². The van der Waals surface area contributed by atoms with Crippen molar-refractivity contribution in [2.24, 2.45) is 0 Å². The first-order valence-corrected chi connectivity index (χ1v) is 19.6. The molecule has 0 bridgehead atoms. The summed E-state index contributed by atoms with van der Waals surface area (Å²) in [5.41, 5.74) is 2.88. The number of ether oxygens (including phenoxy) is 5. The predicted octanol–water partition coefficient (Wildman–Crippen LogP) is 4.25. The van der Waals surface area contributed by atoms with Crippen molar-refractivity contribution in [2.45, 2.75) is 57.2 Å². The molecule has 15 nitrogen and oxygen atoms in total. The number of hydrogen-bond donors (Lipinski definition) is 3. The third-order valence-electron chi connectivity index (χ3n) is 10.4. The van der Waals surface area contributed by atoms with E-state index in [2.05, 4.69) is 61.0 Å². The predicted molar refractivity (Wildman–Crippen MR) is 211 cm³/mol. The Morgan fingerprint density at radius 2 is 1.74 bits per heavy atom. The monoisotopic (exact) mass is 786 g/mol. The number of piperazine rings is 1. The smallest absolute Gasteiger partial charge is 0.254 e. The Hall–Kier alpha value is -5.16. The second-order valence-corrected chi connectivity index (χ2v) is 14.9. The van der Waals surface area contributed by atoms with Gasteiger partial charge >= 0.3 is 0 Å². The Morgan fingerprint density at radius 1 is 0.982 bits per heavy atom. The van der Waals surface area contributed by atoms with Gasteiger partial charge in [-0.25, -0.2) is 14.4 Å². The summed E-state index contributed by atoms with van der Waals surface area (Å²) in [6.45, 7) is 14.3. The number of benzene rings is 2. The van der Waals surface area contributed by atoms with Gasteiger partial charge in [0.05, 0.1) is 56.4 Å². The van der Waals surface area contributed by atoms with Crippen LogP contribution in [0.15, 0.2) is 61.1 Å². The lowest BCUT2D eigenvalue weighted by Crippen LogP contribution is -2.53. The Labute approximate surface area is 331 Å². The van der Waals surface area contributed by atoms with Gasteiger partial charge in [-0.3, -0.25) is 19.6 Å². The summed E-state index contributed by atoms with van der Waals surface area (Å²) in [6, 6.07) is 11.6. The number of allylic oxidation sites excluding steroid dienone is 1. The molecule has 2 aromatic heterocycles. The van der Waals surface area contributed by atoms with Crippen LogP contribution in [0.3, 0.4) is 0 Å². The van der Waals surface area contributed by atoms with Crippen LogP contribution in [0, 0.1) is 5.82 Å². The fourth-order valence-electron chi connectivity index (χ4n) is 6.86. The van der Waals surface area contributed by atoms with E-state index in [0.29, 0.717) is 57.6 Å². The van der Waals surface area contributed by atoms with Gasteiger partial charge in [-0.1, -0.05) is 6.58 Å². The van der Waals surface area contributed by atoms with Crippen LogP contribution in [0.4, 0.5) is 10.2 Å². The van der Waals surface area contributed by atoms with Crippen LogP contribution in [0.25, 0.3) is 22.3 Å². The zero-order valence-electron chi connectivity index (χ0n) is 32.6. The second kappa shape index (κ2) is 18.4. The molecule has 1 saturated carbocycles. The fraction of sp³-hybridized carbons (Fsp3) is 0.488. The minimum absolute atomic E-state index is 0.0569. The summed E-state index contributed by atoms with van der Waals surface area (Å²) >= 11 is 0. The Kier molecular flexibility index (Phi) is 12.9. The van der Waals surface area contributed by atoms with Crippen LogP contribution in [0.5, 0.6) is 11.5 Å². The number of piperidine rings is 1. The molecular weight excluding hydrogens is 735 g/mol. The lowest BCUT2D eigenvalue weighted by atomic mass is 10.0. The average molecular weight is 787 g/mol. The van der Waals surface area contributed by atoms with Crippen LogP contribution in [0.1, 0.15) is 49.9 Å². The van der Waals surface area contributed by atoms with E-state index in [9.17, 15) is 14.0 Å². The van der Waals surface area contributed by atoms with E-state index in [1.54, 1.807) is 6.33 Å². The number of anilines is 1. The van der Waals surface area contributed by atoms with Crippen molar-refractivity contribution in [2.75, 3.05) is 77.3 Å². The topological polar surface area (TPSA) is 165 Å². The molecule has 16 heteroatoms. The lowest BCUT2D eigenvalue weighted by molar-refractivity contribution is -0.123. The molecule has 57 heavy (non-hydrogen) atoms. The lowest BCUT2D eigenvalue weighted by Gasteiger charge is -2.40. The Morgan fingerprint density at radius 3 is 2.47 bits per heavy atom. The molecule has 2 atom stereocenters. The first-order chi connectivity index (χ1) is 27.6. The number of aromatic nitrogens is 4. The van der Waals surface area contributed by atoms with E-state index in [1.807, 2.05) is 24.3 Å². The first-order valence-electron chi connectivity index (χ1n) is 19.6. The molecule has 7 rings (SSSR count). The molecule has 2 amide bonds. The highest BCUT2D eigenvalue weighted by Gasteiger charge is 2.40. The molecular formula is C41H51FN8O7. The SMILES string of the molecule is C=C1CCC(NC(=O)c2ccc(OCCOCCOCCOCCN3CCN(c4cc(-c5n[nH]c6ccc(OC7(C)CC7)cc56)ncn4)C[C@@H]3C)cc2F)C(=O)N1. The van der Waals surface area contributed by atoms with Crippen LogP contribution in [-0.4, -0.2) is 127 Å². The third kappa shape index (κ3) is 10.6. The van der Waals surface area contributed by atoms with Gasteiger partial charge in [-0.15, -0.1) is 0 Å². The molecule has 4 heterocycles. The van der Waals surface area contributed by atoms with Gasteiger partial charge in [0.1, 0.15) is 53.4 Å². The number of hydrogen-bond acceptors (Lipinski definition) is 12. The zero-order valence-corrected chi connectivity index (χ0v) is 32.6. The van der Waals surface area contributed by atoms with E-state index >= 15 is 0 Å². The summed E-state index contributed by atoms with van der Waals surface area (Å²) in [5, 5.41) is 13.9. The maximum atomic E-state index is 14.6. The highest BCUT2D eigenvalue weighted by atomic mass is 19.1. The number of fused-ring (bicyclic) bond motifs is 1. The van der Waals surface area contributed by atoms with E-state index < -0.39 is 17.8 Å². The van der Waals surface area contributed by atoms with Crippen molar-refractivity contribution in [3.05, 3.63) is 72.4 Å². The Bertz CT molecular complexity index is 2040. The molecule has 3 fully saturated rings. The van der Waals surface area contributed by atoms with E-state index in [0.717, 1.165) is 78.9 Å². The maximum absolute atomic E-state index is 14.6. The molecule has 0 spiro atoms. The van der Waals surface area contributed by atoms with Crippen molar-refractivity contribution in [3.8, 4) is 22.9 Å². The highest BCUT2D eigenvalue weighted by Crippen LogP contribution is 2.40. The molecule has 2 saturated heterocycles. The number of nitrogens with zero attached hydrogens (tertiary/aromatic N) is 5. The summed E-state index contributed by atoms with van der Waals surface area (Å²) in [4.78, 5) is 38.4. The molecule has 2 aromatic carbocycles. The Balaban J connectivity index is 0.732. The summed E-state index contributed by atoms with van der Waals surface area (Å²) < 4.78 is 43.4. The number of carbonyl (C=O) groups excluding carboxylic acids is 2. The van der Waals surface area contributed by atoms with Crippen LogP contribution < -0.4 is 25.0 Å². The molecule has 304 valence electrons.